The van der Waals surface area contributed by atoms with Gasteiger partial charge in [0.1, 0.15) is 0 Å². The van der Waals surface area contributed by atoms with Gasteiger partial charge in [0.2, 0.25) is 0 Å². The molecule has 84 valence electrons. The number of ether oxygens (including phenoxy) is 3. The number of esters is 1. The lowest BCUT2D eigenvalue weighted by Gasteiger charge is -2.16. The molecule has 0 aliphatic heterocycles. The van der Waals surface area contributed by atoms with E-state index in [-0.39, 0.29) is 12.8 Å². The summed E-state index contributed by atoms with van der Waals surface area (Å²) in [5, 5.41) is 9.42. The number of methoxy groups -OCH3 is 2. The number of carbonyl (C=O) groups is 1. The molecular formula is C9H18O5. The van der Waals surface area contributed by atoms with E-state index in [0.717, 1.165) is 0 Å². The summed E-state index contributed by atoms with van der Waals surface area (Å²) < 4.78 is 14.4. The van der Waals surface area contributed by atoms with Crippen LogP contribution in [0.2, 0.25) is 0 Å². The van der Waals surface area contributed by atoms with Crippen molar-refractivity contribution in [2.24, 2.45) is 0 Å². The predicted octanol–water partition coefficient (Wildman–Crippen LogP) is 0.309. The van der Waals surface area contributed by atoms with Gasteiger partial charge in [0, 0.05) is 20.6 Å². The van der Waals surface area contributed by atoms with Crippen LogP contribution in [0, 0.1) is 0 Å². The second kappa shape index (κ2) is 7.73. The van der Waals surface area contributed by atoms with Crippen molar-refractivity contribution in [3.63, 3.8) is 0 Å². The van der Waals surface area contributed by atoms with Crippen molar-refractivity contribution >= 4 is 5.97 Å². The number of carbonyl (C=O) groups excluding carboxylic acids is 1. The van der Waals surface area contributed by atoms with Crippen LogP contribution in [0.4, 0.5) is 0 Å². The molecule has 0 bridgehead atoms. The Hall–Kier alpha value is -0.650. The zero-order valence-corrected chi connectivity index (χ0v) is 8.86. The minimum atomic E-state index is -0.793. The van der Waals surface area contributed by atoms with Gasteiger partial charge in [-0.25, -0.2) is 0 Å². The van der Waals surface area contributed by atoms with Crippen molar-refractivity contribution in [1.29, 1.82) is 0 Å². The zero-order chi connectivity index (χ0) is 11.0. The molecule has 14 heavy (non-hydrogen) atoms. The van der Waals surface area contributed by atoms with Crippen LogP contribution in [0.15, 0.2) is 0 Å². The van der Waals surface area contributed by atoms with Crippen molar-refractivity contribution in [2.45, 2.75) is 32.2 Å². The van der Waals surface area contributed by atoms with Crippen LogP contribution in [-0.4, -0.2) is 44.3 Å². The Morgan fingerprint density at radius 1 is 1.36 bits per heavy atom. The van der Waals surface area contributed by atoms with E-state index in [1.54, 1.807) is 6.92 Å². The van der Waals surface area contributed by atoms with E-state index in [4.69, 9.17) is 9.47 Å². The number of aliphatic hydroxyl groups excluding tert-OH is 1. The predicted molar refractivity (Wildman–Crippen MR) is 49.7 cm³/mol. The molecular weight excluding hydrogens is 188 g/mol. The normalized spacial score (nSPS) is 12.9. The fourth-order valence-corrected chi connectivity index (χ4v) is 1.01. The number of hydrogen-bond donors (Lipinski definition) is 1. The molecule has 0 aromatic carbocycles. The molecule has 0 fully saturated rings. The first-order valence-electron chi connectivity index (χ1n) is 4.53. The van der Waals surface area contributed by atoms with Gasteiger partial charge in [0.05, 0.1) is 19.1 Å². The van der Waals surface area contributed by atoms with Crippen molar-refractivity contribution in [1.82, 2.24) is 0 Å². The molecule has 0 aromatic rings. The highest BCUT2D eigenvalue weighted by atomic mass is 16.7. The van der Waals surface area contributed by atoms with Crippen LogP contribution in [0.25, 0.3) is 0 Å². The molecule has 1 N–H and O–H groups in total. The third-order valence-corrected chi connectivity index (χ3v) is 1.70. The number of aliphatic hydroxyl groups is 1. The molecule has 0 radical (unpaired) electrons. The minimum absolute atomic E-state index is 0.0307. The molecule has 5 heteroatoms. The lowest BCUT2D eigenvalue weighted by atomic mass is 10.2. The highest BCUT2D eigenvalue weighted by molar-refractivity contribution is 5.69. The van der Waals surface area contributed by atoms with Crippen LogP contribution >= 0.6 is 0 Å². The molecule has 1 atom stereocenters. The Balaban J connectivity index is 3.72. The van der Waals surface area contributed by atoms with Crippen molar-refractivity contribution in [2.75, 3.05) is 20.8 Å². The summed E-state index contributed by atoms with van der Waals surface area (Å²) in [6.45, 7) is 2.04. The summed E-state index contributed by atoms with van der Waals surface area (Å²) in [4.78, 5) is 10.9. The largest absolute Gasteiger partial charge is 0.466 e. The van der Waals surface area contributed by atoms with Gasteiger partial charge in [-0.15, -0.1) is 0 Å². The molecule has 0 saturated carbocycles. The monoisotopic (exact) mass is 206 g/mol. The van der Waals surface area contributed by atoms with Crippen LogP contribution < -0.4 is 0 Å². The van der Waals surface area contributed by atoms with Gasteiger partial charge in [-0.2, -0.15) is 0 Å². The van der Waals surface area contributed by atoms with E-state index in [2.05, 4.69) is 4.74 Å². The van der Waals surface area contributed by atoms with Crippen LogP contribution in [0.1, 0.15) is 19.8 Å². The first kappa shape index (κ1) is 13.4. The molecule has 0 aliphatic rings. The van der Waals surface area contributed by atoms with Gasteiger partial charge >= 0.3 is 5.97 Å². The Morgan fingerprint density at radius 2 is 1.93 bits per heavy atom. The lowest BCUT2D eigenvalue weighted by Crippen LogP contribution is -2.24. The molecule has 1 unspecified atom stereocenters. The van der Waals surface area contributed by atoms with Crippen LogP contribution in [0.3, 0.4) is 0 Å². The Morgan fingerprint density at radius 3 is 2.36 bits per heavy atom. The summed E-state index contributed by atoms with van der Waals surface area (Å²) in [5.74, 6) is -0.411. The fraction of sp³-hybridized carbons (Fsp3) is 0.889. The molecule has 0 aromatic heterocycles. The van der Waals surface area contributed by atoms with E-state index in [0.29, 0.717) is 6.61 Å². The fourth-order valence-electron chi connectivity index (χ4n) is 1.01. The maximum atomic E-state index is 10.9. The third-order valence-electron chi connectivity index (χ3n) is 1.70. The van der Waals surface area contributed by atoms with Crippen molar-refractivity contribution in [3.8, 4) is 0 Å². The second-order valence-corrected chi connectivity index (χ2v) is 2.80. The van der Waals surface area contributed by atoms with Crippen LogP contribution in [-0.2, 0) is 19.0 Å². The van der Waals surface area contributed by atoms with Gasteiger partial charge < -0.3 is 19.3 Å². The molecule has 5 nitrogen and oxygen atoms in total. The van der Waals surface area contributed by atoms with Gasteiger partial charge in [-0.3, -0.25) is 4.79 Å². The van der Waals surface area contributed by atoms with Crippen molar-refractivity contribution in [3.05, 3.63) is 0 Å². The van der Waals surface area contributed by atoms with E-state index in [9.17, 15) is 9.90 Å². The average Bonchev–Trinajstić information content (AvgIpc) is 2.14. The standard InChI is InChI=1S/C9H18O5/c1-4-14-8(11)5-7(10)6-9(12-2)13-3/h7,9-10H,4-6H2,1-3H3. The van der Waals surface area contributed by atoms with Gasteiger partial charge in [-0.05, 0) is 6.92 Å². The van der Waals surface area contributed by atoms with E-state index in [1.807, 2.05) is 0 Å². The first-order valence-corrected chi connectivity index (χ1v) is 4.53. The van der Waals surface area contributed by atoms with Gasteiger partial charge in [-0.1, -0.05) is 0 Å². The minimum Gasteiger partial charge on any atom is -0.466 e. The quantitative estimate of drug-likeness (QED) is 0.479. The Bertz CT molecular complexity index is 155. The van der Waals surface area contributed by atoms with E-state index >= 15 is 0 Å². The SMILES string of the molecule is CCOC(=O)CC(O)CC(OC)OC. The molecule has 0 spiro atoms. The van der Waals surface area contributed by atoms with Gasteiger partial charge in [0.25, 0.3) is 0 Å². The molecule has 0 heterocycles. The Labute approximate surface area is 84.0 Å². The van der Waals surface area contributed by atoms with Gasteiger partial charge in [0.15, 0.2) is 6.29 Å². The summed E-state index contributed by atoms with van der Waals surface area (Å²) in [6.07, 6.45) is -1.05. The number of rotatable bonds is 7. The number of hydrogen-bond acceptors (Lipinski definition) is 5. The maximum Gasteiger partial charge on any atom is 0.308 e. The lowest BCUT2D eigenvalue weighted by molar-refractivity contribution is -0.149. The highest BCUT2D eigenvalue weighted by Gasteiger charge is 2.16. The summed E-state index contributed by atoms with van der Waals surface area (Å²) >= 11 is 0. The van der Waals surface area contributed by atoms with Crippen LogP contribution in [0.5, 0.6) is 0 Å². The molecule has 0 aliphatic carbocycles. The van der Waals surface area contributed by atoms with E-state index in [1.165, 1.54) is 14.2 Å². The average molecular weight is 206 g/mol. The summed E-state index contributed by atoms with van der Waals surface area (Å²) in [5.41, 5.74) is 0. The maximum absolute atomic E-state index is 10.9. The smallest absolute Gasteiger partial charge is 0.308 e. The Kier molecular flexibility index (Phi) is 7.37. The molecule has 0 amide bonds. The second-order valence-electron chi connectivity index (χ2n) is 2.80. The molecule has 0 rings (SSSR count). The van der Waals surface area contributed by atoms with Crippen molar-refractivity contribution < 1.29 is 24.1 Å². The first-order chi connectivity index (χ1) is 6.63. The summed E-state index contributed by atoms with van der Waals surface area (Å²) in [6, 6.07) is 0. The third kappa shape index (κ3) is 5.90. The van der Waals surface area contributed by atoms with E-state index < -0.39 is 18.4 Å². The topological polar surface area (TPSA) is 65.0 Å². The summed E-state index contributed by atoms with van der Waals surface area (Å²) in [7, 11) is 2.95. The highest BCUT2D eigenvalue weighted by Crippen LogP contribution is 2.06. The molecule has 0 saturated heterocycles. The zero-order valence-electron chi connectivity index (χ0n) is 8.86.